The molecule has 0 radical (unpaired) electrons. The molecule has 1 aromatic carbocycles. The number of aromatic nitrogens is 1. The monoisotopic (exact) mass is 217 g/mol. The Labute approximate surface area is 94.7 Å². The first kappa shape index (κ1) is 11.0. The van der Waals surface area contributed by atoms with Gasteiger partial charge in [-0.15, -0.1) is 0 Å². The third-order valence-electron chi connectivity index (χ3n) is 2.67. The van der Waals surface area contributed by atoms with Crippen LogP contribution in [0, 0.1) is 0 Å². The Balaban J connectivity index is 2.36. The Kier molecular flexibility index (Phi) is 3.49. The van der Waals surface area contributed by atoms with Gasteiger partial charge in [0, 0.05) is 37.9 Å². The molecule has 0 amide bonds. The summed E-state index contributed by atoms with van der Waals surface area (Å²) >= 11 is 0. The van der Waals surface area contributed by atoms with Crippen molar-refractivity contribution in [2.45, 2.75) is 12.5 Å². The summed E-state index contributed by atoms with van der Waals surface area (Å²) in [6.07, 6.45) is 3.66. The third kappa shape index (κ3) is 2.21. The van der Waals surface area contributed by atoms with Crippen LogP contribution in [-0.4, -0.2) is 23.8 Å². The molecule has 1 unspecified atom stereocenters. The second-order valence-corrected chi connectivity index (χ2v) is 3.74. The van der Waals surface area contributed by atoms with E-state index in [1.54, 1.807) is 19.5 Å². The van der Waals surface area contributed by atoms with Crippen molar-refractivity contribution in [1.29, 1.82) is 0 Å². The van der Waals surface area contributed by atoms with Crippen molar-refractivity contribution in [3.63, 3.8) is 0 Å². The lowest BCUT2D eigenvalue weighted by Crippen LogP contribution is -2.02. The van der Waals surface area contributed by atoms with Crippen LogP contribution in [0.4, 0.5) is 0 Å². The average molecular weight is 217 g/mol. The highest BCUT2D eigenvalue weighted by Crippen LogP contribution is 2.25. The Morgan fingerprint density at radius 3 is 3.06 bits per heavy atom. The molecular formula is C13H15NO2. The van der Waals surface area contributed by atoms with E-state index in [9.17, 15) is 5.11 Å². The van der Waals surface area contributed by atoms with E-state index in [4.69, 9.17) is 4.74 Å². The molecule has 1 heterocycles. The number of aliphatic hydroxyl groups excluding tert-OH is 1. The van der Waals surface area contributed by atoms with Crippen LogP contribution < -0.4 is 0 Å². The van der Waals surface area contributed by atoms with Crippen molar-refractivity contribution >= 4 is 10.8 Å². The van der Waals surface area contributed by atoms with Crippen LogP contribution in [0.1, 0.15) is 18.1 Å². The standard InChI is InChI=1S/C13H15NO2/c1-16-8-6-13(15)11-4-2-3-10-5-7-14-9-12(10)11/h2-5,7,9,13,15H,6,8H2,1H3. The minimum atomic E-state index is -0.493. The summed E-state index contributed by atoms with van der Waals surface area (Å²) in [5, 5.41) is 12.2. The molecule has 0 fully saturated rings. The van der Waals surface area contributed by atoms with E-state index in [0.717, 1.165) is 16.3 Å². The number of hydrogen-bond donors (Lipinski definition) is 1. The largest absolute Gasteiger partial charge is 0.388 e. The molecule has 0 aliphatic rings. The Morgan fingerprint density at radius 2 is 2.25 bits per heavy atom. The molecule has 0 bridgehead atoms. The number of fused-ring (bicyclic) bond motifs is 1. The number of methoxy groups -OCH3 is 1. The van der Waals surface area contributed by atoms with Gasteiger partial charge in [-0.25, -0.2) is 0 Å². The summed E-state index contributed by atoms with van der Waals surface area (Å²) in [6, 6.07) is 7.85. The summed E-state index contributed by atoms with van der Waals surface area (Å²) in [5.74, 6) is 0. The third-order valence-corrected chi connectivity index (χ3v) is 2.67. The maximum Gasteiger partial charge on any atom is 0.0818 e. The number of pyridine rings is 1. The van der Waals surface area contributed by atoms with Crippen LogP contribution in [0.15, 0.2) is 36.7 Å². The van der Waals surface area contributed by atoms with E-state index in [1.807, 2.05) is 24.3 Å². The maximum absolute atomic E-state index is 10.0. The highest BCUT2D eigenvalue weighted by atomic mass is 16.5. The van der Waals surface area contributed by atoms with E-state index in [-0.39, 0.29) is 0 Å². The molecule has 3 heteroatoms. The van der Waals surface area contributed by atoms with Crippen LogP contribution in [-0.2, 0) is 4.74 Å². The van der Waals surface area contributed by atoms with Crippen molar-refractivity contribution in [2.24, 2.45) is 0 Å². The van der Waals surface area contributed by atoms with E-state index >= 15 is 0 Å². The number of hydrogen-bond acceptors (Lipinski definition) is 3. The zero-order valence-electron chi connectivity index (χ0n) is 9.26. The Morgan fingerprint density at radius 1 is 1.38 bits per heavy atom. The molecule has 0 aliphatic heterocycles. The fourth-order valence-electron chi connectivity index (χ4n) is 1.81. The van der Waals surface area contributed by atoms with E-state index in [2.05, 4.69) is 4.98 Å². The quantitative estimate of drug-likeness (QED) is 0.854. The number of ether oxygens (including phenoxy) is 1. The van der Waals surface area contributed by atoms with E-state index in [1.165, 1.54) is 0 Å². The molecule has 1 aromatic heterocycles. The number of rotatable bonds is 4. The minimum absolute atomic E-state index is 0.493. The van der Waals surface area contributed by atoms with Gasteiger partial charge in [0.25, 0.3) is 0 Å². The molecule has 2 rings (SSSR count). The lowest BCUT2D eigenvalue weighted by Gasteiger charge is -2.12. The summed E-state index contributed by atoms with van der Waals surface area (Å²) in [7, 11) is 1.64. The Hall–Kier alpha value is -1.45. The van der Waals surface area contributed by atoms with Crippen molar-refractivity contribution in [3.05, 3.63) is 42.2 Å². The number of benzene rings is 1. The van der Waals surface area contributed by atoms with Gasteiger partial charge in [0.2, 0.25) is 0 Å². The Bertz CT molecular complexity index is 465. The van der Waals surface area contributed by atoms with Gasteiger partial charge >= 0.3 is 0 Å². The van der Waals surface area contributed by atoms with Crippen LogP contribution in [0.2, 0.25) is 0 Å². The lowest BCUT2D eigenvalue weighted by atomic mass is 10.0. The van der Waals surface area contributed by atoms with Crippen molar-refractivity contribution in [3.8, 4) is 0 Å². The van der Waals surface area contributed by atoms with Gasteiger partial charge in [0.15, 0.2) is 0 Å². The molecule has 16 heavy (non-hydrogen) atoms. The first-order chi connectivity index (χ1) is 7.83. The smallest absolute Gasteiger partial charge is 0.0818 e. The zero-order chi connectivity index (χ0) is 11.4. The van der Waals surface area contributed by atoms with Gasteiger partial charge in [-0.2, -0.15) is 0 Å². The minimum Gasteiger partial charge on any atom is -0.388 e. The molecule has 0 spiro atoms. The van der Waals surface area contributed by atoms with Crippen LogP contribution in [0.3, 0.4) is 0 Å². The normalized spacial score (nSPS) is 12.9. The van der Waals surface area contributed by atoms with Crippen molar-refractivity contribution in [1.82, 2.24) is 4.98 Å². The zero-order valence-corrected chi connectivity index (χ0v) is 9.26. The van der Waals surface area contributed by atoms with Gasteiger partial charge in [0.1, 0.15) is 0 Å². The number of nitrogens with zero attached hydrogens (tertiary/aromatic N) is 1. The van der Waals surface area contributed by atoms with E-state index < -0.39 is 6.10 Å². The van der Waals surface area contributed by atoms with Crippen molar-refractivity contribution in [2.75, 3.05) is 13.7 Å². The first-order valence-electron chi connectivity index (χ1n) is 5.32. The first-order valence-corrected chi connectivity index (χ1v) is 5.32. The highest BCUT2D eigenvalue weighted by Gasteiger charge is 2.10. The summed E-state index contributed by atoms with van der Waals surface area (Å²) in [6.45, 7) is 0.553. The van der Waals surface area contributed by atoms with Crippen LogP contribution >= 0.6 is 0 Å². The predicted molar refractivity (Wildman–Crippen MR) is 63.2 cm³/mol. The van der Waals surface area contributed by atoms with E-state index in [0.29, 0.717) is 13.0 Å². The molecule has 0 saturated heterocycles. The predicted octanol–water partition coefficient (Wildman–Crippen LogP) is 2.30. The SMILES string of the molecule is COCCC(O)c1cccc2ccncc12. The molecule has 1 N–H and O–H groups in total. The van der Waals surface area contributed by atoms with Crippen LogP contribution in [0.25, 0.3) is 10.8 Å². The van der Waals surface area contributed by atoms with Gasteiger partial charge < -0.3 is 9.84 Å². The van der Waals surface area contributed by atoms with Crippen molar-refractivity contribution < 1.29 is 9.84 Å². The second-order valence-electron chi connectivity index (χ2n) is 3.74. The second kappa shape index (κ2) is 5.05. The highest BCUT2D eigenvalue weighted by molar-refractivity contribution is 5.85. The molecule has 3 nitrogen and oxygen atoms in total. The number of aliphatic hydroxyl groups is 1. The average Bonchev–Trinajstić information content (AvgIpc) is 2.35. The fourth-order valence-corrected chi connectivity index (χ4v) is 1.81. The van der Waals surface area contributed by atoms with Gasteiger partial charge in [-0.3, -0.25) is 4.98 Å². The summed E-state index contributed by atoms with van der Waals surface area (Å²) < 4.78 is 4.97. The molecular weight excluding hydrogens is 202 g/mol. The summed E-state index contributed by atoms with van der Waals surface area (Å²) in [5.41, 5.74) is 0.919. The molecule has 0 saturated carbocycles. The molecule has 1 atom stereocenters. The fraction of sp³-hybridized carbons (Fsp3) is 0.308. The van der Waals surface area contributed by atoms with Gasteiger partial charge in [-0.05, 0) is 17.0 Å². The maximum atomic E-state index is 10.0. The van der Waals surface area contributed by atoms with Gasteiger partial charge in [-0.1, -0.05) is 18.2 Å². The lowest BCUT2D eigenvalue weighted by molar-refractivity contribution is 0.111. The topological polar surface area (TPSA) is 42.4 Å². The van der Waals surface area contributed by atoms with Crippen LogP contribution in [0.5, 0.6) is 0 Å². The molecule has 0 aliphatic carbocycles. The summed E-state index contributed by atoms with van der Waals surface area (Å²) in [4.78, 5) is 4.09. The van der Waals surface area contributed by atoms with Gasteiger partial charge in [0.05, 0.1) is 6.10 Å². The molecule has 2 aromatic rings. The molecule has 84 valence electrons.